The molecule has 2 heterocycles. The first-order valence-electron chi connectivity index (χ1n) is 8.47. The van der Waals surface area contributed by atoms with Gasteiger partial charge in [-0.1, -0.05) is 0 Å². The molecule has 0 radical (unpaired) electrons. The van der Waals surface area contributed by atoms with Crippen LogP contribution >= 0.6 is 15.9 Å². The van der Waals surface area contributed by atoms with Crippen LogP contribution < -0.4 is 15.0 Å². The molecule has 0 saturated carbocycles. The van der Waals surface area contributed by atoms with Crippen LogP contribution in [0.5, 0.6) is 5.75 Å². The lowest BCUT2D eigenvalue weighted by atomic mass is 10.1. The first-order valence-corrected chi connectivity index (χ1v) is 9.26. The van der Waals surface area contributed by atoms with Crippen LogP contribution in [0.25, 0.3) is 0 Å². The molecule has 0 aliphatic carbocycles. The first kappa shape index (κ1) is 20.4. The van der Waals surface area contributed by atoms with Crippen LogP contribution in [0.15, 0.2) is 41.0 Å². The summed E-state index contributed by atoms with van der Waals surface area (Å²) in [5.74, 6) is -0.185. The van der Waals surface area contributed by atoms with Crippen molar-refractivity contribution in [2.45, 2.75) is 25.3 Å². The third-order valence-electron chi connectivity index (χ3n) is 4.13. The van der Waals surface area contributed by atoms with Crippen molar-refractivity contribution in [1.29, 1.82) is 0 Å². The number of alkyl halides is 3. The zero-order valence-corrected chi connectivity index (χ0v) is 16.1. The Morgan fingerprint density at radius 2 is 2.04 bits per heavy atom. The van der Waals surface area contributed by atoms with E-state index in [9.17, 15) is 23.1 Å². The maximum atomic E-state index is 12.4. The van der Waals surface area contributed by atoms with E-state index in [0.29, 0.717) is 22.5 Å². The van der Waals surface area contributed by atoms with Gasteiger partial charge in [-0.05, 0) is 59.1 Å². The molecule has 1 atom stereocenters. The highest BCUT2D eigenvalue weighted by Crippen LogP contribution is 2.28. The summed E-state index contributed by atoms with van der Waals surface area (Å²) in [6.07, 6.45) is -2.16. The van der Waals surface area contributed by atoms with E-state index in [1.54, 1.807) is 6.07 Å². The molecule has 1 aromatic heterocycles. The van der Waals surface area contributed by atoms with Crippen LogP contribution in [-0.2, 0) is 0 Å². The highest BCUT2D eigenvalue weighted by Gasteiger charge is 2.31. The van der Waals surface area contributed by atoms with E-state index in [4.69, 9.17) is 0 Å². The standard InChI is InChI=1S/C18H17BrF3N3O3/c19-15-8-11(9-23-16(15)25-7-1-2-13(26)10-25)17(27)24-12-3-5-14(6-4-12)28-18(20,21)22/h3-6,8-9,13,26H,1-2,7,10H2,(H,24,27)/t13-/m1/s1. The Kier molecular flexibility index (Phi) is 6.09. The SMILES string of the molecule is O=C(Nc1ccc(OC(F)(F)F)cc1)c1cnc(N2CCC[C@@H](O)C2)c(Br)c1. The Labute approximate surface area is 167 Å². The number of halogens is 4. The number of hydrogen-bond donors (Lipinski definition) is 2. The van der Waals surface area contributed by atoms with Gasteiger partial charge in [-0.25, -0.2) is 4.98 Å². The second-order valence-corrected chi connectivity index (χ2v) is 7.15. The number of pyridine rings is 1. The molecule has 0 bridgehead atoms. The lowest BCUT2D eigenvalue weighted by Gasteiger charge is -2.31. The minimum absolute atomic E-state index is 0.281. The fraction of sp³-hybridized carbons (Fsp3) is 0.333. The maximum Gasteiger partial charge on any atom is 0.573 e. The second-order valence-electron chi connectivity index (χ2n) is 6.30. The van der Waals surface area contributed by atoms with Crippen molar-refractivity contribution in [2.24, 2.45) is 0 Å². The summed E-state index contributed by atoms with van der Waals surface area (Å²) in [7, 11) is 0. The van der Waals surface area contributed by atoms with E-state index in [-0.39, 0.29) is 11.3 Å². The number of rotatable bonds is 4. The highest BCUT2D eigenvalue weighted by molar-refractivity contribution is 9.10. The van der Waals surface area contributed by atoms with Gasteiger partial charge in [0, 0.05) is 25.0 Å². The average Bonchev–Trinajstić information content (AvgIpc) is 2.62. The summed E-state index contributed by atoms with van der Waals surface area (Å²) in [6.45, 7) is 1.24. The Hall–Kier alpha value is -2.33. The smallest absolute Gasteiger partial charge is 0.406 e. The highest BCUT2D eigenvalue weighted by atomic mass is 79.9. The van der Waals surface area contributed by atoms with Crippen LogP contribution in [0, 0.1) is 0 Å². The summed E-state index contributed by atoms with van der Waals surface area (Å²) < 4.78 is 40.9. The van der Waals surface area contributed by atoms with E-state index in [1.807, 2.05) is 4.90 Å². The first-order chi connectivity index (χ1) is 13.2. The summed E-state index contributed by atoms with van der Waals surface area (Å²) in [4.78, 5) is 18.6. The molecule has 1 amide bonds. The normalized spacial score (nSPS) is 17.3. The molecular weight excluding hydrogens is 443 g/mol. The fourth-order valence-electron chi connectivity index (χ4n) is 2.88. The van der Waals surface area contributed by atoms with E-state index in [2.05, 4.69) is 31.0 Å². The van der Waals surface area contributed by atoms with E-state index >= 15 is 0 Å². The van der Waals surface area contributed by atoms with Gasteiger partial charge in [-0.3, -0.25) is 4.79 Å². The minimum atomic E-state index is -4.77. The summed E-state index contributed by atoms with van der Waals surface area (Å²) in [6, 6.07) is 6.46. The average molecular weight is 460 g/mol. The van der Waals surface area contributed by atoms with Crippen molar-refractivity contribution in [3.63, 3.8) is 0 Å². The molecule has 1 aliphatic heterocycles. The van der Waals surface area contributed by atoms with Crippen molar-refractivity contribution >= 4 is 33.3 Å². The van der Waals surface area contributed by atoms with Gasteiger partial charge in [0.15, 0.2) is 0 Å². The van der Waals surface area contributed by atoms with Crippen molar-refractivity contribution in [3.05, 3.63) is 46.6 Å². The summed E-state index contributed by atoms with van der Waals surface area (Å²) in [5.41, 5.74) is 0.600. The topological polar surface area (TPSA) is 74.7 Å². The van der Waals surface area contributed by atoms with Crippen LogP contribution in [0.4, 0.5) is 24.7 Å². The molecular formula is C18H17BrF3N3O3. The van der Waals surface area contributed by atoms with Gasteiger partial charge in [0.1, 0.15) is 11.6 Å². The Morgan fingerprint density at radius 1 is 1.32 bits per heavy atom. The third-order valence-corrected chi connectivity index (χ3v) is 4.71. The quantitative estimate of drug-likeness (QED) is 0.723. The summed E-state index contributed by atoms with van der Waals surface area (Å²) in [5, 5.41) is 12.4. The zero-order valence-electron chi connectivity index (χ0n) is 14.5. The van der Waals surface area contributed by atoms with Gasteiger partial charge in [0.2, 0.25) is 0 Å². The van der Waals surface area contributed by atoms with Crippen molar-refractivity contribution < 1.29 is 27.8 Å². The van der Waals surface area contributed by atoms with Crippen molar-refractivity contribution in [1.82, 2.24) is 4.98 Å². The molecule has 150 valence electrons. The number of carbonyl (C=O) groups is 1. The molecule has 2 aromatic rings. The number of ether oxygens (including phenoxy) is 1. The number of β-amino-alcohol motifs (C(OH)–C–C–N with tert-alkyl or cyclic N) is 1. The number of nitrogens with zero attached hydrogens (tertiary/aromatic N) is 2. The third kappa shape index (κ3) is 5.35. The molecule has 3 rings (SSSR count). The number of aliphatic hydroxyl groups excluding tert-OH is 1. The molecule has 1 aromatic carbocycles. The fourth-order valence-corrected chi connectivity index (χ4v) is 3.48. The molecule has 1 saturated heterocycles. The molecule has 0 unspecified atom stereocenters. The predicted molar refractivity (Wildman–Crippen MR) is 100 cm³/mol. The lowest BCUT2D eigenvalue weighted by molar-refractivity contribution is -0.274. The largest absolute Gasteiger partial charge is 0.573 e. The maximum absolute atomic E-state index is 12.4. The number of hydrogen-bond acceptors (Lipinski definition) is 5. The van der Waals surface area contributed by atoms with Gasteiger partial charge in [-0.2, -0.15) is 0 Å². The molecule has 28 heavy (non-hydrogen) atoms. The minimum Gasteiger partial charge on any atom is -0.406 e. The number of amides is 1. The number of nitrogens with one attached hydrogen (secondary N) is 1. The Bertz CT molecular complexity index is 846. The number of carbonyl (C=O) groups excluding carboxylic acids is 1. The van der Waals surface area contributed by atoms with Crippen molar-refractivity contribution in [3.8, 4) is 5.75 Å². The van der Waals surface area contributed by atoms with Gasteiger partial charge in [-0.15, -0.1) is 13.2 Å². The molecule has 6 nitrogen and oxygen atoms in total. The molecule has 1 aliphatic rings. The van der Waals surface area contributed by atoms with Crippen LogP contribution in [0.1, 0.15) is 23.2 Å². The second kappa shape index (κ2) is 8.36. The molecule has 10 heteroatoms. The number of aliphatic hydroxyl groups is 1. The summed E-state index contributed by atoms with van der Waals surface area (Å²) >= 11 is 3.40. The van der Waals surface area contributed by atoms with Gasteiger partial charge in [0.25, 0.3) is 5.91 Å². The lowest BCUT2D eigenvalue weighted by Crippen LogP contribution is -2.38. The Balaban J connectivity index is 1.66. The number of anilines is 2. The van der Waals surface area contributed by atoms with E-state index < -0.39 is 18.4 Å². The molecule has 0 spiro atoms. The van der Waals surface area contributed by atoms with Crippen molar-refractivity contribution in [2.75, 3.05) is 23.3 Å². The molecule has 1 fully saturated rings. The number of aromatic nitrogens is 1. The van der Waals surface area contributed by atoms with Crippen LogP contribution in [0.3, 0.4) is 0 Å². The van der Waals surface area contributed by atoms with Crippen LogP contribution in [-0.4, -0.2) is 41.6 Å². The number of piperidine rings is 1. The monoisotopic (exact) mass is 459 g/mol. The van der Waals surface area contributed by atoms with E-state index in [0.717, 1.165) is 31.5 Å². The van der Waals surface area contributed by atoms with Gasteiger partial charge in [0.05, 0.1) is 16.1 Å². The van der Waals surface area contributed by atoms with Gasteiger partial charge >= 0.3 is 6.36 Å². The van der Waals surface area contributed by atoms with Crippen LogP contribution in [0.2, 0.25) is 0 Å². The predicted octanol–water partition coefficient (Wildman–Crippen LogP) is 3.96. The van der Waals surface area contributed by atoms with Gasteiger partial charge < -0.3 is 20.1 Å². The molecule has 2 N–H and O–H groups in total. The Morgan fingerprint density at radius 3 is 2.64 bits per heavy atom. The number of benzene rings is 1. The van der Waals surface area contributed by atoms with E-state index in [1.165, 1.54) is 18.3 Å². The zero-order chi connectivity index (χ0) is 20.3.